The Kier molecular flexibility index (Phi) is 5.57. The first-order valence-corrected chi connectivity index (χ1v) is 8.13. The number of benzene rings is 1. The van der Waals surface area contributed by atoms with Crippen LogP contribution in [-0.4, -0.2) is 42.3 Å². The summed E-state index contributed by atoms with van der Waals surface area (Å²) in [7, 11) is 0. The van der Waals surface area contributed by atoms with Crippen LogP contribution in [0.1, 0.15) is 6.42 Å². The zero-order valence-corrected chi connectivity index (χ0v) is 14.5. The van der Waals surface area contributed by atoms with Crippen molar-refractivity contribution in [2.45, 2.75) is 19.0 Å². The van der Waals surface area contributed by atoms with E-state index < -0.39 is 17.8 Å². The lowest BCUT2D eigenvalue weighted by Gasteiger charge is -2.07. The van der Waals surface area contributed by atoms with Crippen molar-refractivity contribution in [2.75, 3.05) is 0 Å². The summed E-state index contributed by atoms with van der Waals surface area (Å²) < 4.78 is 19.9. The number of tetrazole rings is 1. The fourth-order valence-electron chi connectivity index (χ4n) is 2.21. The van der Waals surface area contributed by atoms with Gasteiger partial charge in [0.25, 0.3) is 0 Å². The Morgan fingerprint density at radius 3 is 2.85 bits per heavy atom. The second kappa shape index (κ2) is 8.06. The molecule has 0 aliphatic carbocycles. The van der Waals surface area contributed by atoms with Crippen LogP contribution < -0.4 is 10.5 Å². The Morgan fingerprint density at radius 1 is 1.37 bits per heavy atom. The molecule has 3 N–H and O–H groups in total. The zero-order chi connectivity index (χ0) is 19.4. The summed E-state index contributed by atoms with van der Waals surface area (Å²) in [6, 6.07) is 6.62. The van der Waals surface area contributed by atoms with E-state index in [9.17, 15) is 9.18 Å². The molecule has 0 saturated heterocycles. The number of aliphatic carboxylic acids is 1. The monoisotopic (exact) mass is 392 g/mol. The van der Waals surface area contributed by atoms with Crippen LogP contribution in [0.3, 0.4) is 0 Å². The van der Waals surface area contributed by atoms with E-state index in [2.05, 4.69) is 20.4 Å². The van der Waals surface area contributed by atoms with Crippen molar-refractivity contribution in [3.63, 3.8) is 0 Å². The lowest BCUT2D eigenvalue weighted by molar-refractivity contribution is -0.137. The molecule has 0 radical (unpaired) electrons. The van der Waals surface area contributed by atoms with Gasteiger partial charge in [-0.2, -0.15) is 4.80 Å². The molecule has 0 spiro atoms. The average molecular weight is 393 g/mol. The maximum atomic E-state index is 14.4. The van der Waals surface area contributed by atoms with Crippen LogP contribution in [0.5, 0.6) is 11.6 Å². The van der Waals surface area contributed by atoms with E-state index in [1.807, 2.05) is 0 Å². The van der Waals surface area contributed by atoms with Crippen molar-refractivity contribution in [1.82, 2.24) is 25.2 Å². The highest BCUT2D eigenvalue weighted by Gasteiger charge is 2.15. The third-order valence-electron chi connectivity index (χ3n) is 3.39. The van der Waals surface area contributed by atoms with Gasteiger partial charge in [-0.05, 0) is 23.4 Å². The van der Waals surface area contributed by atoms with Crippen LogP contribution >= 0.6 is 11.6 Å². The molecule has 3 rings (SSSR count). The molecule has 2 heterocycles. The molecule has 0 fully saturated rings. The maximum absolute atomic E-state index is 14.4. The zero-order valence-electron chi connectivity index (χ0n) is 13.8. The van der Waals surface area contributed by atoms with Gasteiger partial charge < -0.3 is 15.6 Å². The highest BCUT2D eigenvalue weighted by Crippen LogP contribution is 2.26. The smallest absolute Gasteiger partial charge is 0.304 e. The second-order valence-electron chi connectivity index (χ2n) is 5.58. The number of nitrogens with two attached hydrogens (primary N) is 1. The summed E-state index contributed by atoms with van der Waals surface area (Å²) in [5.74, 6) is -1.09. The fourth-order valence-corrected chi connectivity index (χ4v) is 2.32. The number of carboxylic acid groups (broad SMARTS) is 1. The van der Waals surface area contributed by atoms with Gasteiger partial charge in [-0.15, -0.1) is 10.2 Å². The van der Waals surface area contributed by atoms with Crippen LogP contribution in [0.2, 0.25) is 5.02 Å². The van der Waals surface area contributed by atoms with E-state index in [-0.39, 0.29) is 36.0 Å². The number of aromatic nitrogens is 5. The van der Waals surface area contributed by atoms with Gasteiger partial charge in [0, 0.05) is 24.4 Å². The van der Waals surface area contributed by atoms with Gasteiger partial charge in [-0.1, -0.05) is 11.6 Å². The normalized spacial score (nSPS) is 12.0. The molecule has 0 amide bonds. The first kappa shape index (κ1) is 18.7. The first-order chi connectivity index (χ1) is 12.9. The Morgan fingerprint density at radius 2 is 2.19 bits per heavy atom. The molecule has 0 bridgehead atoms. The Labute approximate surface area is 157 Å². The van der Waals surface area contributed by atoms with E-state index >= 15 is 0 Å². The molecule has 1 aromatic carbocycles. The van der Waals surface area contributed by atoms with Gasteiger partial charge in [-0.3, -0.25) is 4.79 Å². The predicted octanol–water partition coefficient (Wildman–Crippen LogP) is 2.12. The lowest BCUT2D eigenvalue weighted by Crippen LogP contribution is -2.30. The van der Waals surface area contributed by atoms with Gasteiger partial charge in [0.2, 0.25) is 11.7 Å². The lowest BCUT2D eigenvalue weighted by atomic mass is 10.2. The second-order valence-corrected chi connectivity index (χ2v) is 6.02. The highest BCUT2D eigenvalue weighted by atomic mass is 35.5. The van der Waals surface area contributed by atoms with E-state index in [0.717, 1.165) is 4.80 Å². The molecule has 2 aromatic heterocycles. The SMILES string of the molecule is N[C@@H](CC(=O)O)Cn1nnc(-c2ccc(Oc3ccc(Cl)cn3)cc2F)n1. The molecule has 1 atom stereocenters. The van der Waals surface area contributed by atoms with Crippen molar-refractivity contribution in [2.24, 2.45) is 5.73 Å². The van der Waals surface area contributed by atoms with Crippen molar-refractivity contribution in [3.8, 4) is 23.0 Å². The van der Waals surface area contributed by atoms with E-state index in [0.29, 0.717) is 5.02 Å². The number of nitrogens with zero attached hydrogens (tertiary/aromatic N) is 5. The topological polar surface area (TPSA) is 129 Å². The standard InChI is InChI=1S/C16H14ClFN6O3/c17-9-1-4-14(20-7-9)27-11-2-3-12(13(18)6-11)16-21-23-24(22-16)8-10(19)5-15(25)26/h1-4,6-7,10H,5,8,19H2,(H,25,26)/t10-/m0/s1. The van der Waals surface area contributed by atoms with Crippen LogP contribution in [0.15, 0.2) is 36.5 Å². The van der Waals surface area contributed by atoms with Crippen LogP contribution in [-0.2, 0) is 11.3 Å². The molecule has 11 heteroatoms. The van der Waals surface area contributed by atoms with Crippen molar-refractivity contribution in [1.29, 1.82) is 0 Å². The first-order valence-electron chi connectivity index (χ1n) is 7.75. The minimum absolute atomic E-state index is 0.0460. The highest BCUT2D eigenvalue weighted by molar-refractivity contribution is 6.30. The summed E-state index contributed by atoms with van der Waals surface area (Å²) in [5.41, 5.74) is 5.79. The average Bonchev–Trinajstić information content (AvgIpc) is 3.04. The molecule has 0 aliphatic rings. The Bertz CT molecular complexity index is 950. The fraction of sp³-hybridized carbons (Fsp3) is 0.188. The number of rotatable bonds is 7. The number of pyridine rings is 1. The van der Waals surface area contributed by atoms with E-state index in [1.54, 1.807) is 12.1 Å². The van der Waals surface area contributed by atoms with Crippen molar-refractivity contribution in [3.05, 3.63) is 47.4 Å². The molecular formula is C16H14ClFN6O3. The number of hydrogen-bond donors (Lipinski definition) is 2. The number of carboxylic acids is 1. The number of halogens is 2. The molecular weight excluding hydrogens is 379 g/mol. The Balaban J connectivity index is 1.72. The molecule has 0 aliphatic heterocycles. The van der Waals surface area contributed by atoms with Crippen molar-refractivity contribution >= 4 is 17.6 Å². The van der Waals surface area contributed by atoms with Gasteiger partial charge in [0.15, 0.2) is 0 Å². The quantitative estimate of drug-likeness (QED) is 0.625. The predicted molar refractivity (Wildman–Crippen MR) is 92.8 cm³/mol. The van der Waals surface area contributed by atoms with E-state index in [4.69, 9.17) is 27.2 Å². The molecule has 27 heavy (non-hydrogen) atoms. The van der Waals surface area contributed by atoms with Crippen LogP contribution in [0.25, 0.3) is 11.4 Å². The van der Waals surface area contributed by atoms with Crippen LogP contribution in [0.4, 0.5) is 4.39 Å². The van der Waals surface area contributed by atoms with Crippen LogP contribution in [0, 0.1) is 5.82 Å². The third kappa shape index (κ3) is 4.96. The third-order valence-corrected chi connectivity index (χ3v) is 3.62. The molecule has 9 nitrogen and oxygen atoms in total. The number of hydrogen-bond acceptors (Lipinski definition) is 7. The molecule has 140 valence electrons. The summed E-state index contributed by atoms with van der Waals surface area (Å²) in [4.78, 5) is 15.7. The summed E-state index contributed by atoms with van der Waals surface area (Å²) in [5, 5.41) is 20.7. The van der Waals surface area contributed by atoms with E-state index in [1.165, 1.54) is 24.4 Å². The van der Waals surface area contributed by atoms with Gasteiger partial charge in [0.05, 0.1) is 23.6 Å². The molecule has 0 unspecified atom stereocenters. The molecule has 0 saturated carbocycles. The number of carbonyl (C=O) groups is 1. The minimum atomic E-state index is -1.03. The van der Waals surface area contributed by atoms with Gasteiger partial charge in [0.1, 0.15) is 11.6 Å². The van der Waals surface area contributed by atoms with Gasteiger partial charge in [-0.25, -0.2) is 9.37 Å². The Hall–Kier alpha value is -3.11. The maximum Gasteiger partial charge on any atom is 0.304 e. The van der Waals surface area contributed by atoms with Gasteiger partial charge >= 0.3 is 5.97 Å². The van der Waals surface area contributed by atoms with Crippen molar-refractivity contribution < 1.29 is 19.0 Å². The summed E-state index contributed by atoms with van der Waals surface area (Å²) in [6.45, 7) is 0.0460. The summed E-state index contributed by atoms with van der Waals surface area (Å²) in [6.07, 6.45) is 1.18. The molecule has 3 aromatic rings. The minimum Gasteiger partial charge on any atom is -0.481 e. The largest absolute Gasteiger partial charge is 0.481 e. The number of ether oxygens (including phenoxy) is 1. The summed E-state index contributed by atoms with van der Waals surface area (Å²) >= 11 is 5.75.